The molecule has 10 heteroatoms. The Morgan fingerprint density at radius 2 is 1.93 bits per heavy atom. The predicted molar refractivity (Wildman–Crippen MR) is 93.4 cm³/mol. The van der Waals surface area contributed by atoms with Gasteiger partial charge >= 0.3 is 12.2 Å². The van der Waals surface area contributed by atoms with Crippen molar-refractivity contribution in [3.8, 4) is 11.5 Å². The molecular weight excluding hydrogens is 387 g/mol. The highest BCUT2D eigenvalue weighted by Crippen LogP contribution is 2.38. The van der Waals surface area contributed by atoms with Gasteiger partial charge in [0.25, 0.3) is 0 Å². The maximum absolute atomic E-state index is 12.5. The number of rotatable bonds is 3. The van der Waals surface area contributed by atoms with Crippen LogP contribution in [0.3, 0.4) is 0 Å². The summed E-state index contributed by atoms with van der Waals surface area (Å²) in [5.41, 5.74) is 0.756. The molecule has 0 saturated carbocycles. The number of nitrogens with one attached hydrogen (secondary N) is 1. The second kappa shape index (κ2) is 8.43. The lowest BCUT2D eigenvalue weighted by Crippen LogP contribution is -2.42. The average Bonchev–Trinajstić information content (AvgIpc) is 2.84. The molecule has 0 bridgehead atoms. The molecule has 150 valence electrons. The third kappa shape index (κ3) is 5.55. The molecule has 3 rings (SSSR count). The van der Waals surface area contributed by atoms with Gasteiger partial charge in [-0.2, -0.15) is 13.2 Å². The van der Waals surface area contributed by atoms with Gasteiger partial charge in [0.05, 0.1) is 11.6 Å². The van der Waals surface area contributed by atoms with Crippen molar-refractivity contribution >= 4 is 17.6 Å². The topological polar surface area (TPSA) is 54.0 Å². The van der Waals surface area contributed by atoms with E-state index in [2.05, 4.69) is 5.32 Å². The molecule has 2 heterocycles. The number of carbonyl (C=O) groups excluding carboxylic acids is 1. The van der Waals surface area contributed by atoms with Gasteiger partial charge in [0.1, 0.15) is 13.2 Å². The second-order valence-corrected chi connectivity index (χ2v) is 6.90. The molecule has 0 atom stereocenters. The largest absolute Gasteiger partial charge is 0.486 e. The number of halogens is 4. The van der Waals surface area contributed by atoms with Gasteiger partial charge < -0.3 is 19.7 Å². The molecule has 1 fully saturated rings. The van der Waals surface area contributed by atoms with E-state index in [1.165, 1.54) is 9.80 Å². The lowest BCUT2D eigenvalue weighted by molar-refractivity contribution is -0.145. The third-order valence-electron chi connectivity index (χ3n) is 4.38. The third-order valence-corrected chi connectivity index (χ3v) is 4.66. The van der Waals surface area contributed by atoms with Gasteiger partial charge in [-0.1, -0.05) is 11.6 Å². The fourth-order valence-corrected chi connectivity index (χ4v) is 3.43. The first-order valence-corrected chi connectivity index (χ1v) is 9.09. The molecule has 0 aliphatic carbocycles. The minimum atomic E-state index is -4.23. The van der Waals surface area contributed by atoms with Crippen LogP contribution in [-0.2, 0) is 6.54 Å². The Balaban J connectivity index is 1.53. The van der Waals surface area contributed by atoms with E-state index in [4.69, 9.17) is 21.1 Å². The predicted octanol–water partition coefficient (Wildman–Crippen LogP) is 2.89. The van der Waals surface area contributed by atoms with E-state index in [0.717, 1.165) is 5.56 Å². The number of amides is 2. The van der Waals surface area contributed by atoms with E-state index < -0.39 is 12.7 Å². The first-order valence-electron chi connectivity index (χ1n) is 8.72. The lowest BCUT2D eigenvalue weighted by Gasteiger charge is -2.23. The number of benzene rings is 1. The summed E-state index contributed by atoms with van der Waals surface area (Å²) < 4.78 is 48.5. The molecule has 2 amide bonds. The molecule has 1 saturated heterocycles. The zero-order chi connectivity index (χ0) is 19.4. The monoisotopic (exact) mass is 407 g/mol. The SMILES string of the molecule is O=C(NCc1cc(Cl)c2c(c1)OCCO2)N1CCCN(CC(F)(F)F)CC1. The molecule has 2 aliphatic rings. The van der Waals surface area contributed by atoms with Gasteiger partial charge in [-0.3, -0.25) is 4.90 Å². The maximum atomic E-state index is 12.5. The van der Waals surface area contributed by atoms with Crippen LogP contribution in [0.5, 0.6) is 11.5 Å². The number of nitrogens with zero attached hydrogens (tertiary/aromatic N) is 2. The summed E-state index contributed by atoms with van der Waals surface area (Å²) >= 11 is 6.18. The van der Waals surface area contributed by atoms with Crippen molar-refractivity contribution in [2.45, 2.75) is 19.1 Å². The summed E-state index contributed by atoms with van der Waals surface area (Å²) in [6.07, 6.45) is -3.73. The van der Waals surface area contributed by atoms with E-state index in [1.807, 2.05) is 0 Å². The molecular formula is C17H21ClF3N3O3. The highest BCUT2D eigenvalue weighted by Gasteiger charge is 2.31. The summed E-state index contributed by atoms with van der Waals surface area (Å²) in [4.78, 5) is 15.2. The molecule has 2 aliphatic heterocycles. The van der Waals surface area contributed by atoms with Gasteiger partial charge in [-0.25, -0.2) is 4.79 Å². The van der Waals surface area contributed by atoms with Crippen LogP contribution in [0.15, 0.2) is 12.1 Å². The Hall–Kier alpha value is -1.87. The highest BCUT2D eigenvalue weighted by atomic mass is 35.5. The Morgan fingerprint density at radius 1 is 1.15 bits per heavy atom. The van der Waals surface area contributed by atoms with Gasteiger partial charge in [0.2, 0.25) is 0 Å². The van der Waals surface area contributed by atoms with Crippen LogP contribution in [0.25, 0.3) is 0 Å². The molecule has 0 aromatic heterocycles. The standard InChI is InChI=1S/C17H21ClF3N3O3/c18-13-8-12(9-14-15(13)27-7-6-26-14)10-22-16(25)24-3-1-2-23(4-5-24)11-17(19,20)21/h8-9H,1-7,10-11H2,(H,22,25). The Labute approximate surface area is 160 Å². The van der Waals surface area contributed by atoms with Crippen LogP contribution in [0, 0.1) is 0 Å². The zero-order valence-corrected chi connectivity index (χ0v) is 15.4. The van der Waals surface area contributed by atoms with Gasteiger partial charge in [0.15, 0.2) is 11.5 Å². The molecule has 0 unspecified atom stereocenters. The van der Waals surface area contributed by atoms with Crippen LogP contribution in [-0.4, -0.2) is 67.9 Å². The van der Waals surface area contributed by atoms with Crippen molar-refractivity contribution < 1.29 is 27.4 Å². The number of carbonyl (C=O) groups is 1. The average molecular weight is 408 g/mol. The Kier molecular flexibility index (Phi) is 6.21. The smallest absolute Gasteiger partial charge is 0.401 e. The van der Waals surface area contributed by atoms with Crippen LogP contribution in [0.2, 0.25) is 5.02 Å². The van der Waals surface area contributed by atoms with Crippen LogP contribution in [0.1, 0.15) is 12.0 Å². The fraction of sp³-hybridized carbons (Fsp3) is 0.588. The number of urea groups is 1. The summed E-state index contributed by atoms with van der Waals surface area (Å²) in [6.45, 7) is 1.34. The van der Waals surface area contributed by atoms with Crippen LogP contribution in [0.4, 0.5) is 18.0 Å². The Morgan fingerprint density at radius 3 is 2.70 bits per heavy atom. The van der Waals surface area contributed by atoms with Crippen molar-refractivity contribution in [3.63, 3.8) is 0 Å². The van der Waals surface area contributed by atoms with E-state index in [-0.39, 0.29) is 25.7 Å². The number of alkyl halides is 3. The maximum Gasteiger partial charge on any atom is 0.401 e. The summed E-state index contributed by atoms with van der Waals surface area (Å²) in [5, 5.41) is 3.20. The van der Waals surface area contributed by atoms with Crippen molar-refractivity contribution in [1.29, 1.82) is 0 Å². The van der Waals surface area contributed by atoms with Crippen molar-refractivity contribution in [2.75, 3.05) is 45.9 Å². The van der Waals surface area contributed by atoms with Crippen molar-refractivity contribution in [3.05, 3.63) is 22.7 Å². The Bertz CT molecular complexity index is 687. The number of fused-ring (bicyclic) bond motifs is 1. The minimum absolute atomic E-state index is 0.197. The normalized spacial score (nSPS) is 18.1. The van der Waals surface area contributed by atoms with Crippen molar-refractivity contribution in [2.24, 2.45) is 0 Å². The van der Waals surface area contributed by atoms with E-state index >= 15 is 0 Å². The molecule has 1 aromatic rings. The summed E-state index contributed by atoms with van der Waals surface area (Å²) in [5.74, 6) is 1.03. The highest BCUT2D eigenvalue weighted by molar-refractivity contribution is 6.32. The second-order valence-electron chi connectivity index (χ2n) is 6.49. The van der Waals surface area contributed by atoms with E-state index in [0.29, 0.717) is 49.2 Å². The molecule has 1 aromatic carbocycles. The van der Waals surface area contributed by atoms with Gasteiger partial charge in [-0.05, 0) is 24.1 Å². The molecule has 0 radical (unpaired) electrons. The minimum Gasteiger partial charge on any atom is -0.486 e. The first-order chi connectivity index (χ1) is 12.8. The molecule has 6 nitrogen and oxygen atoms in total. The number of hydrogen-bond acceptors (Lipinski definition) is 4. The quantitative estimate of drug-likeness (QED) is 0.837. The molecule has 27 heavy (non-hydrogen) atoms. The zero-order valence-electron chi connectivity index (χ0n) is 14.6. The van der Waals surface area contributed by atoms with Gasteiger partial charge in [-0.15, -0.1) is 0 Å². The molecule has 1 N–H and O–H groups in total. The van der Waals surface area contributed by atoms with E-state index in [9.17, 15) is 18.0 Å². The molecule has 0 spiro atoms. The first kappa shape index (κ1) is 19.9. The lowest BCUT2D eigenvalue weighted by atomic mass is 10.2. The van der Waals surface area contributed by atoms with Crippen molar-refractivity contribution in [1.82, 2.24) is 15.1 Å². The summed E-state index contributed by atoms with van der Waals surface area (Å²) in [7, 11) is 0. The number of ether oxygens (including phenoxy) is 2. The van der Waals surface area contributed by atoms with Crippen LogP contribution >= 0.6 is 11.6 Å². The number of hydrogen-bond donors (Lipinski definition) is 1. The fourth-order valence-electron chi connectivity index (χ4n) is 3.14. The van der Waals surface area contributed by atoms with E-state index in [1.54, 1.807) is 12.1 Å². The summed E-state index contributed by atoms with van der Waals surface area (Å²) in [6, 6.07) is 3.15. The van der Waals surface area contributed by atoms with Crippen LogP contribution < -0.4 is 14.8 Å². The van der Waals surface area contributed by atoms with Gasteiger partial charge in [0, 0.05) is 32.7 Å².